The third-order valence-electron chi connectivity index (χ3n) is 4.58. The zero-order chi connectivity index (χ0) is 22.7. The Morgan fingerprint density at radius 2 is 1.78 bits per heavy atom. The molecule has 0 aliphatic rings. The Bertz CT molecular complexity index is 1220. The Labute approximate surface area is 185 Å². The summed E-state index contributed by atoms with van der Waals surface area (Å²) in [7, 11) is 0. The maximum atomic E-state index is 12.7. The number of halogens is 3. The molecule has 0 bridgehead atoms. The van der Waals surface area contributed by atoms with Crippen molar-refractivity contribution in [2.75, 3.05) is 11.1 Å². The number of thioether (sulfide) groups is 1. The lowest BCUT2D eigenvalue weighted by Gasteiger charge is -2.10. The molecule has 0 aliphatic carbocycles. The van der Waals surface area contributed by atoms with Crippen molar-refractivity contribution in [3.63, 3.8) is 0 Å². The van der Waals surface area contributed by atoms with Gasteiger partial charge in [0.2, 0.25) is 5.91 Å². The summed E-state index contributed by atoms with van der Waals surface area (Å²) < 4.78 is 45.3. The molecule has 0 spiro atoms. The van der Waals surface area contributed by atoms with Crippen LogP contribution in [-0.4, -0.2) is 26.4 Å². The van der Waals surface area contributed by atoms with E-state index in [-0.39, 0.29) is 17.3 Å². The van der Waals surface area contributed by atoms with Gasteiger partial charge in [-0.3, -0.25) is 9.36 Å². The standard InChI is InChI=1S/C22H17F3N4O2S/c1-14-18(11-12-31-14)20-27-28-21(29(20)17-5-3-2-4-6-17)32-13-19(30)26-16-9-7-15(8-10-16)22(23,24)25/h2-12H,13H2,1H3,(H,26,30). The number of aryl methyl sites for hydroxylation is 1. The molecule has 1 amide bonds. The van der Waals surface area contributed by atoms with Crippen LogP contribution < -0.4 is 5.32 Å². The Kier molecular flexibility index (Phi) is 6.04. The highest BCUT2D eigenvalue weighted by molar-refractivity contribution is 7.99. The van der Waals surface area contributed by atoms with E-state index in [4.69, 9.17) is 4.42 Å². The Morgan fingerprint density at radius 1 is 1.06 bits per heavy atom. The van der Waals surface area contributed by atoms with Crippen LogP contribution in [0.25, 0.3) is 17.1 Å². The number of nitrogens with one attached hydrogen (secondary N) is 1. The average molecular weight is 458 g/mol. The van der Waals surface area contributed by atoms with E-state index < -0.39 is 11.7 Å². The fraction of sp³-hybridized carbons (Fsp3) is 0.136. The first-order valence-electron chi connectivity index (χ1n) is 9.48. The first-order chi connectivity index (χ1) is 15.3. The van der Waals surface area contributed by atoms with Crippen LogP contribution in [0.1, 0.15) is 11.3 Å². The van der Waals surface area contributed by atoms with Gasteiger partial charge < -0.3 is 9.73 Å². The zero-order valence-corrected chi connectivity index (χ0v) is 17.6. The fourth-order valence-corrected chi connectivity index (χ4v) is 3.79. The normalized spacial score (nSPS) is 11.5. The molecule has 4 rings (SSSR count). The molecule has 10 heteroatoms. The van der Waals surface area contributed by atoms with Crippen LogP contribution in [0.3, 0.4) is 0 Å². The van der Waals surface area contributed by atoms with Crippen molar-refractivity contribution in [3.05, 3.63) is 78.3 Å². The molecular weight excluding hydrogens is 441 g/mol. The molecule has 0 atom stereocenters. The second kappa shape index (κ2) is 8.91. The van der Waals surface area contributed by atoms with Crippen LogP contribution in [0.15, 0.2) is 76.5 Å². The van der Waals surface area contributed by atoms with Crippen LogP contribution >= 0.6 is 11.8 Å². The second-order valence-electron chi connectivity index (χ2n) is 6.78. The molecule has 6 nitrogen and oxygen atoms in total. The first-order valence-corrected chi connectivity index (χ1v) is 10.5. The van der Waals surface area contributed by atoms with E-state index in [2.05, 4.69) is 15.5 Å². The number of nitrogens with zero attached hydrogens (tertiary/aromatic N) is 3. The number of hydrogen-bond acceptors (Lipinski definition) is 5. The molecule has 0 saturated carbocycles. The van der Waals surface area contributed by atoms with E-state index in [1.54, 1.807) is 12.3 Å². The van der Waals surface area contributed by atoms with E-state index in [0.717, 1.165) is 23.4 Å². The molecule has 0 fully saturated rings. The smallest absolute Gasteiger partial charge is 0.416 e. The summed E-state index contributed by atoms with van der Waals surface area (Å²) in [6, 6.07) is 15.5. The summed E-state index contributed by atoms with van der Waals surface area (Å²) in [6.07, 6.45) is -2.86. The maximum absolute atomic E-state index is 12.7. The summed E-state index contributed by atoms with van der Waals surface area (Å²) in [5, 5.41) is 11.6. The van der Waals surface area contributed by atoms with Crippen molar-refractivity contribution in [2.24, 2.45) is 0 Å². The number of carbonyl (C=O) groups is 1. The van der Waals surface area contributed by atoms with Gasteiger partial charge in [-0.25, -0.2) is 0 Å². The monoisotopic (exact) mass is 458 g/mol. The molecule has 2 aromatic carbocycles. The Hall–Kier alpha value is -3.53. The number of anilines is 1. The van der Waals surface area contributed by atoms with Crippen molar-refractivity contribution in [1.82, 2.24) is 14.8 Å². The van der Waals surface area contributed by atoms with Crippen LogP contribution in [0.5, 0.6) is 0 Å². The molecule has 0 aliphatic heterocycles. The van der Waals surface area contributed by atoms with Crippen molar-refractivity contribution in [1.29, 1.82) is 0 Å². The van der Waals surface area contributed by atoms with Gasteiger partial charge in [0, 0.05) is 11.4 Å². The van der Waals surface area contributed by atoms with Gasteiger partial charge in [-0.15, -0.1) is 10.2 Å². The molecule has 0 unspecified atom stereocenters. The molecule has 4 aromatic rings. The predicted molar refractivity (Wildman–Crippen MR) is 115 cm³/mol. The highest BCUT2D eigenvalue weighted by Gasteiger charge is 2.30. The topological polar surface area (TPSA) is 72.9 Å². The quantitative estimate of drug-likeness (QED) is 0.382. The lowest BCUT2D eigenvalue weighted by Crippen LogP contribution is -2.15. The number of furan rings is 1. The van der Waals surface area contributed by atoms with Gasteiger partial charge in [0.15, 0.2) is 11.0 Å². The lowest BCUT2D eigenvalue weighted by molar-refractivity contribution is -0.137. The van der Waals surface area contributed by atoms with Gasteiger partial charge in [-0.05, 0) is 49.4 Å². The van der Waals surface area contributed by atoms with Crippen LogP contribution in [0, 0.1) is 6.92 Å². The molecule has 2 heterocycles. The van der Waals surface area contributed by atoms with Crippen molar-refractivity contribution >= 4 is 23.4 Å². The minimum atomic E-state index is -4.43. The van der Waals surface area contributed by atoms with Crippen LogP contribution in [0.4, 0.5) is 18.9 Å². The molecule has 1 N–H and O–H groups in total. The number of carbonyl (C=O) groups excluding carboxylic acids is 1. The number of hydrogen-bond donors (Lipinski definition) is 1. The summed E-state index contributed by atoms with van der Waals surface area (Å²) >= 11 is 1.17. The first kappa shape index (κ1) is 21.7. The number of amides is 1. The van der Waals surface area contributed by atoms with Gasteiger partial charge in [0.05, 0.1) is 23.1 Å². The van der Waals surface area contributed by atoms with E-state index in [0.29, 0.717) is 16.7 Å². The Morgan fingerprint density at radius 3 is 2.41 bits per heavy atom. The van der Waals surface area contributed by atoms with Crippen molar-refractivity contribution in [2.45, 2.75) is 18.3 Å². The zero-order valence-electron chi connectivity index (χ0n) is 16.8. The molecule has 0 saturated heterocycles. The maximum Gasteiger partial charge on any atom is 0.416 e. The number of benzene rings is 2. The largest absolute Gasteiger partial charge is 0.469 e. The highest BCUT2D eigenvalue weighted by Crippen LogP contribution is 2.31. The summed E-state index contributed by atoms with van der Waals surface area (Å²) in [5.41, 5.74) is 1.10. The van der Waals surface area contributed by atoms with Gasteiger partial charge in [-0.1, -0.05) is 30.0 Å². The van der Waals surface area contributed by atoms with Gasteiger partial charge in [0.25, 0.3) is 0 Å². The SMILES string of the molecule is Cc1occc1-c1nnc(SCC(=O)Nc2ccc(C(F)(F)F)cc2)n1-c1ccccc1. The van der Waals surface area contributed by atoms with Gasteiger partial charge in [0.1, 0.15) is 5.76 Å². The minimum Gasteiger partial charge on any atom is -0.469 e. The van der Waals surface area contributed by atoms with Crippen molar-refractivity contribution in [3.8, 4) is 17.1 Å². The van der Waals surface area contributed by atoms with Crippen LogP contribution in [-0.2, 0) is 11.0 Å². The fourth-order valence-electron chi connectivity index (χ4n) is 3.03. The third-order valence-corrected chi connectivity index (χ3v) is 5.50. The summed E-state index contributed by atoms with van der Waals surface area (Å²) in [6.45, 7) is 1.82. The van der Waals surface area contributed by atoms with E-state index >= 15 is 0 Å². The van der Waals surface area contributed by atoms with Gasteiger partial charge >= 0.3 is 6.18 Å². The third kappa shape index (κ3) is 4.70. The van der Waals surface area contributed by atoms with Gasteiger partial charge in [-0.2, -0.15) is 13.2 Å². The number of aromatic nitrogens is 3. The van der Waals surface area contributed by atoms with E-state index in [1.165, 1.54) is 23.9 Å². The van der Waals surface area contributed by atoms with Crippen LogP contribution in [0.2, 0.25) is 0 Å². The number of para-hydroxylation sites is 1. The minimum absolute atomic E-state index is 0.00361. The molecule has 164 valence electrons. The predicted octanol–water partition coefficient (Wildman–Crippen LogP) is 5.59. The van der Waals surface area contributed by atoms with E-state index in [1.807, 2.05) is 41.8 Å². The molecule has 2 aromatic heterocycles. The number of alkyl halides is 3. The lowest BCUT2D eigenvalue weighted by atomic mass is 10.2. The van der Waals surface area contributed by atoms with Crippen molar-refractivity contribution < 1.29 is 22.4 Å². The Balaban J connectivity index is 1.51. The highest BCUT2D eigenvalue weighted by atomic mass is 32.2. The molecule has 32 heavy (non-hydrogen) atoms. The average Bonchev–Trinajstić information content (AvgIpc) is 3.38. The summed E-state index contributed by atoms with van der Waals surface area (Å²) in [5.74, 6) is 0.883. The summed E-state index contributed by atoms with van der Waals surface area (Å²) in [4.78, 5) is 12.4. The number of rotatable bonds is 6. The molecular formula is C22H17F3N4O2S. The molecule has 0 radical (unpaired) electrons. The second-order valence-corrected chi connectivity index (χ2v) is 7.72. The van der Waals surface area contributed by atoms with E-state index in [9.17, 15) is 18.0 Å².